The number of amides is 1. The number of nitrogens with zero attached hydrogens (tertiary/aromatic N) is 1. The lowest BCUT2D eigenvalue weighted by Crippen LogP contribution is -2.45. The van der Waals surface area contributed by atoms with Gasteiger partial charge in [-0.1, -0.05) is 29.8 Å². The largest absolute Gasteiger partial charge is 0.353 e. The quantitative estimate of drug-likeness (QED) is 0.912. The standard InChI is InChI=1S/C17H24N2O/c1-13-2-4-14(5-3-13)12-17(20)18-15-8-10-19(11-9-15)16-6-7-16/h2-5,15-16H,6-12H2,1H3,(H,18,20). The van der Waals surface area contributed by atoms with Gasteiger partial charge in [-0.3, -0.25) is 4.79 Å². The first-order valence-corrected chi connectivity index (χ1v) is 7.79. The third-order valence-electron chi connectivity index (χ3n) is 4.44. The predicted octanol–water partition coefficient (Wildman–Crippen LogP) is 2.28. The van der Waals surface area contributed by atoms with Crippen molar-refractivity contribution in [2.24, 2.45) is 0 Å². The maximum atomic E-state index is 12.1. The van der Waals surface area contributed by atoms with Gasteiger partial charge in [-0.15, -0.1) is 0 Å². The number of benzene rings is 1. The minimum absolute atomic E-state index is 0.165. The summed E-state index contributed by atoms with van der Waals surface area (Å²) in [7, 11) is 0. The summed E-state index contributed by atoms with van der Waals surface area (Å²) in [4.78, 5) is 14.7. The molecule has 3 rings (SSSR count). The second kappa shape index (κ2) is 5.96. The van der Waals surface area contributed by atoms with Gasteiger partial charge in [0.25, 0.3) is 0 Å². The first-order valence-electron chi connectivity index (χ1n) is 7.79. The lowest BCUT2D eigenvalue weighted by molar-refractivity contribution is -0.121. The Kier molecular flexibility index (Phi) is 4.06. The maximum Gasteiger partial charge on any atom is 0.224 e. The molecule has 0 bridgehead atoms. The van der Waals surface area contributed by atoms with E-state index in [0.29, 0.717) is 12.5 Å². The van der Waals surface area contributed by atoms with E-state index in [1.165, 1.54) is 18.4 Å². The molecule has 1 saturated carbocycles. The Hall–Kier alpha value is -1.35. The first kappa shape index (κ1) is 13.6. The number of aryl methyl sites for hydroxylation is 1. The fourth-order valence-electron chi connectivity index (χ4n) is 3.02. The summed E-state index contributed by atoms with van der Waals surface area (Å²) < 4.78 is 0. The molecule has 0 unspecified atom stereocenters. The highest BCUT2D eigenvalue weighted by Gasteiger charge is 2.31. The summed E-state index contributed by atoms with van der Waals surface area (Å²) in [6.07, 6.45) is 5.48. The summed E-state index contributed by atoms with van der Waals surface area (Å²) in [5, 5.41) is 3.20. The Morgan fingerprint density at radius 2 is 1.80 bits per heavy atom. The van der Waals surface area contributed by atoms with E-state index >= 15 is 0 Å². The van der Waals surface area contributed by atoms with Crippen LogP contribution in [0.2, 0.25) is 0 Å². The molecule has 1 amide bonds. The van der Waals surface area contributed by atoms with E-state index in [1.807, 2.05) is 12.1 Å². The molecule has 1 N–H and O–H groups in total. The summed E-state index contributed by atoms with van der Waals surface area (Å²) in [6.45, 7) is 4.37. The number of nitrogens with one attached hydrogen (secondary N) is 1. The van der Waals surface area contributed by atoms with Crippen LogP contribution in [0.1, 0.15) is 36.8 Å². The van der Waals surface area contributed by atoms with Crippen LogP contribution in [0.3, 0.4) is 0 Å². The molecule has 0 atom stereocenters. The molecular formula is C17H24N2O. The van der Waals surface area contributed by atoms with Gasteiger partial charge in [-0.25, -0.2) is 0 Å². The molecule has 0 radical (unpaired) electrons. The molecule has 0 spiro atoms. The summed E-state index contributed by atoms with van der Waals surface area (Å²) in [5.74, 6) is 0.165. The van der Waals surface area contributed by atoms with E-state index in [1.54, 1.807) is 0 Å². The van der Waals surface area contributed by atoms with Crippen molar-refractivity contribution in [2.45, 2.75) is 51.1 Å². The average Bonchev–Trinajstić information content (AvgIpc) is 3.27. The number of hydrogen-bond donors (Lipinski definition) is 1. The molecule has 1 heterocycles. The topological polar surface area (TPSA) is 32.3 Å². The van der Waals surface area contributed by atoms with Gasteiger partial charge in [-0.2, -0.15) is 0 Å². The average molecular weight is 272 g/mol. The maximum absolute atomic E-state index is 12.1. The number of piperidine rings is 1. The normalized spacial score (nSPS) is 20.9. The van der Waals surface area contributed by atoms with Crippen LogP contribution in [0.15, 0.2) is 24.3 Å². The van der Waals surface area contributed by atoms with Crippen molar-refractivity contribution in [2.75, 3.05) is 13.1 Å². The minimum Gasteiger partial charge on any atom is -0.353 e. The lowest BCUT2D eigenvalue weighted by atomic mass is 10.0. The van der Waals surface area contributed by atoms with E-state index in [0.717, 1.165) is 37.5 Å². The van der Waals surface area contributed by atoms with Gasteiger partial charge in [0.1, 0.15) is 0 Å². The molecule has 0 aromatic heterocycles. The Morgan fingerprint density at radius 3 is 2.40 bits per heavy atom. The summed E-state index contributed by atoms with van der Waals surface area (Å²) in [6, 6.07) is 9.46. The van der Waals surface area contributed by atoms with Gasteiger partial charge in [0.15, 0.2) is 0 Å². The monoisotopic (exact) mass is 272 g/mol. The van der Waals surface area contributed by atoms with Gasteiger partial charge in [0, 0.05) is 25.2 Å². The van der Waals surface area contributed by atoms with Crippen LogP contribution < -0.4 is 5.32 Å². The molecule has 20 heavy (non-hydrogen) atoms. The van der Waals surface area contributed by atoms with E-state index < -0.39 is 0 Å². The van der Waals surface area contributed by atoms with Crippen LogP contribution in [-0.4, -0.2) is 36.0 Å². The van der Waals surface area contributed by atoms with E-state index in [9.17, 15) is 4.79 Å². The van der Waals surface area contributed by atoms with Crippen molar-refractivity contribution in [3.63, 3.8) is 0 Å². The number of carbonyl (C=O) groups excluding carboxylic acids is 1. The molecule has 1 aliphatic heterocycles. The van der Waals surface area contributed by atoms with E-state index in [2.05, 4.69) is 29.3 Å². The van der Waals surface area contributed by atoms with Crippen molar-refractivity contribution in [3.05, 3.63) is 35.4 Å². The van der Waals surface area contributed by atoms with Crippen LogP contribution in [0.25, 0.3) is 0 Å². The van der Waals surface area contributed by atoms with E-state index in [-0.39, 0.29) is 5.91 Å². The van der Waals surface area contributed by atoms with Crippen LogP contribution >= 0.6 is 0 Å². The highest BCUT2D eigenvalue weighted by molar-refractivity contribution is 5.78. The number of hydrogen-bond acceptors (Lipinski definition) is 2. The predicted molar refractivity (Wildman–Crippen MR) is 80.6 cm³/mol. The van der Waals surface area contributed by atoms with Gasteiger partial charge in [0.05, 0.1) is 6.42 Å². The van der Waals surface area contributed by atoms with Crippen molar-refractivity contribution in [1.82, 2.24) is 10.2 Å². The number of carbonyl (C=O) groups is 1. The van der Waals surface area contributed by atoms with Crippen molar-refractivity contribution < 1.29 is 4.79 Å². The second-order valence-electron chi connectivity index (χ2n) is 6.27. The van der Waals surface area contributed by atoms with Crippen LogP contribution in [-0.2, 0) is 11.2 Å². The molecule has 2 fully saturated rings. The SMILES string of the molecule is Cc1ccc(CC(=O)NC2CCN(C3CC3)CC2)cc1. The molecular weight excluding hydrogens is 248 g/mol. The van der Waals surface area contributed by atoms with E-state index in [4.69, 9.17) is 0 Å². The molecule has 3 heteroatoms. The van der Waals surface area contributed by atoms with Gasteiger partial charge in [0.2, 0.25) is 5.91 Å². The molecule has 1 aromatic carbocycles. The van der Waals surface area contributed by atoms with Gasteiger partial charge in [-0.05, 0) is 38.2 Å². The number of likely N-dealkylation sites (tertiary alicyclic amines) is 1. The Labute approximate surface area is 121 Å². The lowest BCUT2D eigenvalue weighted by Gasteiger charge is -2.32. The van der Waals surface area contributed by atoms with Crippen LogP contribution in [0.5, 0.6) is 0 Å². The minimum atomic E-state index is 0.165. The Balaban J connectivity index is 1.43. The zero-order chi connectivity index (χ0) is 13.9. The zero-order valence-corrected chi connectivity index (χ0v) is 12.3. The zero-order valence-electron chi connectivity index (χ0n) is 12.3. The molecule has 1 saturated heterocycles. The fraction of sp³-hybridized carbons (Fsp3) is 0.588. The molecule has 1 aromatic rings. The highest BCUT2D eigenvalue weighted by atomic mass is 16.1. The highest BCUT2D eigenvalue weighted by Crippen LogP contribution is 2.29. The smallest absolute Gasteiger partial charge is 0.224 e. The Morgan fingerprint density at radius 1 is 1.15 bits per heavy atom. The molecule has 1 aliphatic carbocycles. The number of rotatable bonds is 4. The van der Waals surface area contributed by atoms with Gasteiger partial charge < -0.3 is 10.2 Å². The summed E-state index contributed by atoms with van der Waals surface area (Å²) in [5.41, 5.74) is 2.34. The fourth-order valence-corrected chi connectivity index (χ4v) is 3.02. The van der Waals surface area contributed by atoms with Crippen molar-refractivity contribution in [3.8, 4) is 0 Å². The second-order valence-corrected chi connectivity index (χ2v) is 6.27. The molecule has 108 valence electrons. The van der Waals surface area contributed by atoms with Crippen LogP contribution in [0, 0.1) is 6.92 Å². The first-order chi connectivity index (χ1) is 9.70. The van der Waals surface area contributed by atoms with Crippen LogP contribution in [0.4, 0.5) is 0 Å². The van der Waals surface area contributed by atoms with Crippen molar-refractivity contribution in [1.29, 1.82) is 0 Å². The third-order valence-corrected chi connectivity index (χ3v) is 4.44. The summed E-state index contributed by atoms with van der Waals surface area (Å²) >= 11 is 0. The third kappa shape index (κ3) is 3.60. The molecule has 2 aliphatic rings. The molecule has 3 nitrogen and oxygen atoms in total. The Bertz CT molecular complexity index is 456. The van der Waals surface area contributed by atoms with Gasteiger partial charge >= 0.3 is 0 Å². The van der Waals surface area contributed by atoms with Crippen molar-refractivity contribution >= 4 is 5.91 Å².